The van der Waals surface area contributed by atoms with Crippen LogP contribution in [0.2, 0.25) is 0 Å². The SMILES string of the molecule is CC(=O)c1ccc(C=O)c(C#N)c1C. The highest BCUT2D eigenvalue weighted by molar-refractivity contribution is 5.97. The van der Waals surface area contributed by atoms with Crippen LogP contribution in [0.15, 0.2) is 12.1 Å². The molecule has 0 aliphatic carbocycles. The average molecular weight is 187 g/mol. The van der Waals surface area contributed by atoms with E-state index in [0.717, 1.165) is 0 Å². The van der Waals surface area contributed by atoms with Gasteiger partial charge in [-0.1, -0.05) is 6.07 Å². The first kappa shape index (κ1) is 10.1. The van der Waals surface area contributed by atoms with Gasteiger partial charge in [-0.15, -0.1) is 0 Å². The highest BCUT2D eigenvalue weighted by Gasteiger charge is 2.11. The molecule has 3 nitrogen and oxygen atoms in total. The van der Waals surface area contributed by atoms with Crippen molar-refractivity contribution in [1.82, 2.24) is 0 Å². The van der Waals surface area contributed by atoms with Gasteiger partial charge in [-0.05, 0) is 25.5 Å². The normalized spacial score (nSPS) is 9.21. The first-order valence-corrected chi connectivity index (χ1v) is 4.11. The number of hydrogen-bond donors (Lipinski definition) is 0. The average Bonchev–Trinajstić information content (AvgIpc) is 2.16. The molecule has 1 rings (SSSR count). The predicted octanol–water partition coefficient (Wildman–Crippen LogP) is 1.88. The third-order valence-corrected chi connectivity index (χ3v) is 2.12. The zero-order valence-corrected chi connectivity index (χ0v) is 8.00. The Hall–Kier alpha value is -1.95. The smallest absolute Gasteiger partial charge is 0.160 e. The van der Waals surface area contributed by atoms with Crippen LogP contribution in [0.5, 0.6) is 0 Å². The molecule has 3 heteroatoms. The van der Waals surface area contributed by atoms with Crippen molar-refractivity contribution >= 4 is 12.1 Å². The Bertz CT molecular complexity index is 441. The third-order valence-electron chi connectivity index (χ3n) is 2.12. The molecule has 0 aliphatic heterocycles. The summed E-state index contributed by atoms with van der Waals surface area (Å²) in [6, 6.07) is 4.99. The van der Waals surface area contributed by atoms with E-state index in [4.69, 9.17) is 5.26 Å². The molecule has 0 bridgehead atoms. The zero-order chi connectivity index (χ0) is 10.7. The number of nitrogens with zero attached hydrogens (tertiary/aromatic N) is 1. The summed E-state index contributed by atoms with van der Waals surface area (Å²) in [5.41, 5.74) is 1.68. The topological polar surface area (TPSA) is 57.9 Å². The van der Waals surface area contributed by atoms with Crippen molar-refractivity contribution in [3.63, 3.8) is 0 Å². The van der Waals surface area contributed by atoms with Crippen LogP contribution in [0.3, 0.4) is 0 Å². The maximum absolute atomic E-state index is 11.1. The van der Waals surface area contributed by atoms with E-state index in [1.54, 1.807) is 13.0 Å². The fraction of sp³-hybridized carbons (Fsp3) is 0.182. The third kappa shape index (κ3) is 1.55. The molecule has 70 valence electrons. The number of ketones is 1. The van der Waals surface area contributed by atoms with Crippen LogP contribution in [0.1, 0.15) is 38.8 Å². The number of rotatable bonds is 2. The summed E-state index contributed by atoms with van der Waals surface area (Å²) in [5.74, 6) is -0.101. The monoisotopic (exact) mass is 187 g/mol. The van der Waals surface area contributed by atoms with Gasteiger partial charge < -0.3 is 0 Å². The molecule has 14 heavy (non-hydrogen) atoms. The van der Waals surface area contributed by atoms with Crippen molar-refractivity contribution in [1.29, 1.82) is 5.26 Å². The maximum Gasteiger partial charge on any atom is 0.160 e. The predicted molar refractivity (Wildman–Crippen MR) is 51.3 cm³/mol. The summed E-state index contributed by atoms with van der Waals surface area (Å²) in [5, 5.41) is 8.82. The second-order valence-corrected chi connectivity index (χ2v) is 2.99. The summed E-state index contributed by atoms with van der Waals surface area (Å²) in [6.45, 7) is 3.10. The largest absolute Gasteiger partial charge is 0.298 e. The van der Waals surface area contributed by atoms with Crippen LogP contribution in [0, 0.1) is 18.3 Å². The Labute approximate surface area is 82.0 Å². The molecule has 0 amide bonds. The lowest BCUT2D eigenvalue weighted by atomic mass is 9.96. The van der Waals surface area contributed by atoms with Crippen molar-refractivity contribution in [2.45, 2.75) is 13.8 Å². The first-order chi connectivity index (χ1) is 6.61. The van der Waals surface area contributed by atoms with E-state index in [9.17, 15) is 9.59 Å². The van der Waals surface area contributed by atoms with Crippen LogP contribution < -0.4 is 0 Å². The van der Waals surface area contributed by atoms with Gasteiger partial charge >= 0.3 is 0 Å². The Morgan fingerprint density at radius 2 is 2.14 bits per heavy atom. The van der Waals surface area contributed by atoms with Crippen molar-refractivity contribution in [2.75, 3.05) is 0 Å². The number of aldehydes is 1. The molecule has 0 fully saturated rings. The summed E-state index contributed by atoms with van der Waals surface area (Å²) in [6.07, 6.45) is 0.621. The lowest BCUT2D eigenvalue weighted by molar-refractivity contribution is 0.101. The molecule has 0 aromatic heterocycles. The molecular weight excluding hydrogens is 178 g/mol. The number of hydrogen-bond acceptors (Lipinski definition) is 3. The number of carbonyl (C=O) groups excluding carboxylic acids is 2. The van der Waals surface area contributed by atoms with Gasteiger partial charge in [0.25, 0.3) is 0 Å². The fourth-order valence-corrected chi connectivity index (χ4v) is 1.36. The minimum Gasteiger partial charge on any atom is -0.298 e. The summed E-state index contributed by atoms with van der Waals surface area (Å²) in [4.78, 5) is 21.7. The van der Waals surface area contributed by atoms with Gasteiger partial charge in [-0.25, -0.2) is 0 Å². The van der Waals surface area contributed by atoms with E-state index in [0.29, 0.717) is 23.0 Å². The summed E-state index contributed by atoms with van der Waals surface area (Å²) < 4.78 is 0. The van der Waals surface area contributed by atoms with Gasteiger partial charge in [-0.3, -0.25) is 9.59 Å². The Balaban J connectivity index is 3.52. The number of benzene rings is 1. The van der Waals surface area contributed by atoms with Gasteiger partial charge in [-0.2, -0.15) is 5.26 Å². The van der Waals surface area contributed by atoms with Crippen molar-refractivity contribution in [3.05, 3.63) is 34.4 Å². The molecule has 0 unspecified atom stereocenters. The molecule has 0 N–H and O–H groups in total. The van der Waals surface area contributed by atoms with Crippen LogP contribution in [-0.2, 0) is 0 Å². The Kier molecular flexibility index (Phi) is 2.78. The van der Waals surface area contributed by atoms with Crippen LogP contribution in [0.4, 0.5) is 0 Å². The van der Waals surface area contributed by atoms with E-state index >= 15 is 0 Å². The molecule has 0 radical (unpaired) electrons. The minimum absolute atomic E-state index is 0.101. The Morgan fingerprint density at radius 3 is 2.57 bits per heavy atom. The second kappa shape index (κ2) is 3.84. The molecular formula is C11H9NO2. The number of Topliss-reactive ketones (excluding diaryl/α,β-unsaturated/α-hetero) is 1. The van der Waals surface area contributed by atoms with Crippen LogP contribution >= 0.6 is 0 Å². The quantitative estimate of drug-likeness (QED) is 0.524. The Morgan fingerprint density at radius 1 is 1.50 bits per heavy atom. The van der Waals surface area contributed by atoms with E-state index in [1.165, 1.54) is 13.0 Å². The van der Waals surface area contributed by atoms with Gasteiger partial charge in [0, 0.05) is 11.1 Å². The first-order valence-electron chi connectivity index (χ1n) is 4.11. The molecule has 0 saturated heterocycles. The maximum atomic E-state index is 11.1. The summed E-state index contributed by atoms with van der Waals surface area (Å²) in [7, 11) is 0. The van der Waals surface area contributed by atoms with Gasteiger partial charge in [0.05, 0.1) is 5.56 Å². The number of nitriles is 1. The van der Waals surface area contributed by atoms with E-state index in [2.05, 4.69) is 0 Å². The molecule has 0 heterocycles. The molecule has 0 atom stereocenters. The minimum atomic E-state index is -0.101. The van der Waals surface area contributed by atoms with Gasteiger partial charge in [0.2, 0.25) is 0 Å². The standard InChI is InChI=1S/C11H9NO2/c1-7-10(8(2)14)4-3-9(6-13)11(7)5-12/h3-4,6H,1-2H3. The van der Waals surface area contributed by atoms with Crippen molar-refractivity contribution < 1.29 is 9.59 Å². The van der Waals surface area contributed by atoms with E-state index in [-0.39, 0.29) is 11.3 Å². The van der Waals surface area contributed by atoms with E-state index < -0.39 is 0 Å². The molecule has 1 aromatic rings. The van der Waals surface area contributed by atoms with Crippen molar-refractivity contribution in [3.8, 4) is 6.07 Å². The van der Waals surface area contributed by atoms with E-state index in [1.807, 2.05) is 6.07 Å². The molecule has 1 aromatic carbocycles. The molecule has 0 aliphatic rings. The van der Waals surface area contributed by atoms with Crippen molar-refractivity contribution in [2.24, 2.45) is 0 Å². The molecule has 0 saturated carbocycles. The molecule has 0 spiro atoms. The second-order valence-electron chi connectivity index (χ2n) is 2.99. The zero-order valence-electron chi connectivity index (χ0n) is 8.00. The highest BCUT2D eigenvalue weighted by atomic mass is 16.1. The fourth-order valence-electron chi connectivity index (χ4n) is 1.36. The highest BCUT2D eigenvalue weighted by Crippen LogP contribution is 2.17. The summed E-state index contributed by atoms with van der Waals surface area (Å²) >= 11 is 0. The van der Waals surface area contributed by atoms with Gasteiger partial charge in [0.1, 0.15) is 6.07 Å². The number of carbonyl (C=O) groups is 2. The lowest BCUT2D eigenvalue weighted by Gasteiger charge is -2.05. The lowest BCUT2D eigenvalue weighted by Crippen LogP contribution is -2.01. The van der Waals surface area contributed by atoms with Crippen LogP contribution in [-0.4, -0.2) is 12.1 Å². The van der Waals surface area contributed by atoms with Gasteiger partial charge in [0.15, 0.2) is 12.1 Å². The van der Waals surface area contributed by atoms with Crippen LogP contribution in [0.25, 0.3) is 0 Å².